The van der Waals surface area contributed by atoms with Gasteiger partial charge >= 0.3 is 0 Å². The third kappa shape index (κ3) is 1.47. The van der Waals surface area contributed by atoms with Crippen LogP contribution >= 0.6 is 0 Å². The zero-order chi connectivity index (χ0) is 11.0. The topological polar surface area (TPSA) is 47.3 Å². The van der Waals surface area contributed by atoms with Crippen molar-refractivity contribution in [1.29, 1.82) is 0 Å². The Morgan fingerprint density at radius 1 is 1.47 bits per heavy atom. The molecule has 78 valence electrons. The van der Waals surface area contributed by atoms with E-state index in [0.29, 0.717) is 0 Å². The van der Waals surface area contributed by atoms with E-state index >= 15 is 0 Å². The summed E-state index contributed by atoms with van der Waals surface area (Å²) in [6.45, 7) is 1.34. The van der Waals surface area contributed by atoms with Crippen LogP contribution in [-0.4, -0.2) is 14.4 Å². The molecule has 0 fully saturated rings. The quantitative estimate of drug-likeness (QED) is 0.715. The van der Waals surface area contributed by atoms with E-state index in [4.69, 9.17) is 0 Å². The Morgan fingerprint density at radius 2 is 2.20 bits per heavy atom. The lowest BCUT2D eigenvalue weighted by Gasteiger charge is -2.05. The lowest BCUT2D eigenvalue weighted by atomic mass is 10.2. The Bertz CT molecular complexity index is 565. The molecule has 2 aromatic rings. The monoisotopic (exact) mass is 211 g/mol. The van der Waals surface area contributed by atoms with Gasteiger partial charge in [-0.3, -0.25) is 14.2 Å². The average molecular weight is 211 g/mol. The smallest absolute Gasteiger partial charge is 0.269 e. The highest BCUT2D eigenvalue weighted by molar-refractivity contribution is 5.37. The van der Waals surface area contributed by atoms with Gasteiger partial charge in [0.1, 0.15) is 5.69 Å². The van der Waals surface area contributed by atoms with Crippen LogP contribution in [0, 0.1) is 6.92 Å². The van der Waals surface area contributed by atoms with E-state index in [-0.39, 0.29) is 11.2 Å². The molecule has 0 aliphatic heterocycles. The lowest BCUT2D eigenvalue weighted by molar-refractivity contribution is 0.145. The van der Waals surface area contributed by atoms with Gasteiger partial charge in [-0.1, -0.05) is 0 Å². The van der Waals surface area contributed by atoms with Crippen LogP contribution in [0.1, 0.15) is 17.7 Å². The number of nitrogens with zero attached hydrogens (tertiary/aromatic N) is 3. The summed E-state index contributed by atoms with van der Waals surface area (Å²) in [6, 6.07) is 0. The second kappa shape index (κ2) is 3.38. The Morgan fingerprint density at radius 3 is 2.87 bits per heavy atom. The number of aromatic nitrogens is 3. The second-order valence-corrected chi connectivity index (χ2v) is 3.03. The predicted octanol–water partition coefficient (Wildman–Crippen LogP) is 1.34. The molecule has 6 heteroatoms. The van der Waals surface area contributed by atoms with Gasteiger partial charge in [0.2, 0.25) is 0 Å². The molecule has 2 aromatic heterocycles. The molecule has 0 unspecified atom stereocenters. The molecule has 0 amide bonds. The minimum Gasteiger partial charge on any atom is -0.269 e. The van der Waals surface area contributed by atoms with Crippen molar-refractivity contribution in [2.24, 2.45) is 0 Å². The lowest BCUT2D eigenvalue weighted by Crippen LogP contribution is -2.20. The number of hydrogen-bond acceptors (Lipinski definition) is 3. The number of alkyl halides is 2. The van der Waals surface area contributed by atoms with Gasteiger partial charge in [0, 0.05) is 18.0 Å². The Kier molecular flexibility index (Phi) is 2.18. The molecule has 15 heavy (non-hydrogen) atoms. The first kappa shape index (κ1) is 9.70. The molecule has 4 nitrogen and oxygen atoms in total. The maximum absolute atomic E-state index is 12.5. The molecule has 2 heterocycles. The fraction of sp³-hybridized carbons (Fsp3) is 0.222. The van der Waals surface area contributed by atoms with Crippen molar-refractivity contribution in [2.45, 2.75) is 13.3 Å². The molecule has 0 aromatic carbocycles. The van der Waals surface area contributed by atoms with Gasteiger partial charge in [-0.25, -0.2) is 13.8 Å². The summed E-state index contributed by atoms with van der Waals surface area (Å²) in [5, 5.41) is 0. The van der Waals surface area contributed by atoms with Crippen LogP contribution in [0.25, 0.3) is 5.65 Å². The third-order valence-corrected chi connectivity index (χ3v) is 2.10. The van der Waals surface area contributed by atoms with Gasteiger partial charge in [-0.05, 0) is 6.92 Å². The van der Waals surface area contributed by atoms with Gasteiger partial charge < -0.3 is 0 Å². The summed E-state index contributed by atoms with van der Waals surface area (Å²) >= 11 is 0. The van der Waals surface area contributed by atoms with Gasteiger partial charge in [0.05, 0.1) is 6.20 Å². The van der Waals surface area contributed by atoms with Crippen molar-refractivity contribution < 1.29 is 8.78 Å². The fourth-order valence-corrected chi connectivity index (χ4v) is 1.32. The van der Waals surface area contributed by atoms with Crippen LogP contribution in [0.15, 0.2) is 23.4 Å². The number of fused-ring (bicyclic) bond motifs is 1. The van der Waals surface area contributed by atoms with Crippen molar-refractivity contribution in [3.05, 3.63) is 40.2 Å². The molecule has 0 radical (unpaired) electrons. The fourth-order valence-electron chi connectivity index (χ4n) is 1.32. The molecule has 0 atom stereocenters. The zero-order valence-corrected chi connectivity index (χ0v) is 7.82. The molecule has 0 N–H and O–H groups in total. The SMILES string of the molecule is Cc1c(C(F)F)nc2cnccn2c1=O. The molecule has 0 saturated heterocycles. The number of rotatable bonds is 1. The highest BCUT2D eigenvalue weighted by atomic mass is 19.3. The van der Waals surface area contributed by atoms with Gasteiger partial charge in [-0.15, -0.1) is 0 Å². The largest absolute Gasteiger partial charge is 0.280 e. The summed E-state index contributed by atoms with van der Waals surface area (Å²) in [5.41, 5.74) is -0.872. The molecular weight excluding hydrogens is 204 g/mol. The molecule has 0 bridgehead atoms. The molecular formula is C9H7F2N3O. The highest BCUT2D eigenvalue weighted by Crippen LogP contribution is 2.18. The Balaban J connectivity index is 2.89. The summed E-state index contributed by atoms with van der Waals surface area (Å²) in [4.78, 5) is 19.0. The Labute approximate surface area is 83.2 Å². The van der Waals surface area contributed by atoms with E-state index in [1.807, 2.05) is 0 Å². The van der Waals surface area contributed by atoms with E-state index in [2.05, 4.69) is 9.97 Å². The average Bonchev–Trinajstić information content (AvgIpc) is 2.23. The maximum Gasteiger partial charge on any atom is 0.280 e. The summed E-state index contributed by atoms with van der Waals surface area (Å²) in [7, 11) is 0. The summed E-state index contributed by atoms with van der Waals surface area (Å²) < 4.78 is 26.2. The van der Waals surface area contributed by atoms with Crippen molar-refractivity contribution >= 4 is 5.65 Å². The van der Waals surface area contributed by atoms with E-state index in [9.17, 15) is 13.6 Å². The van der Waals surface area contributed by atoms with E-state index in [0.717, 1.165) is 0 Å². The maximum atomic E-state index is 12.5. The van der Waals surface area contributed by atoms with Crippen LogP contribution in [0.3, 0.4) is 0 Å². The minimum atomic E-state index is -2.75. The molecule has 0 saturated carbocycles. The van der Waals surface area contributed by atoms with Gasteiger partial charge in [0.25, 0.3) is 12.0 Å². The second-order valence-electron chi connectivity index (χ2n) is 3.03. The van der Waals surface area contributed by atoms with Crippen molar-refractivity contribution in [2.75, 3.05) is 0 Å². The molecule has 0 aliphatic rings. The first-order chi connectivity index (χ1) is 7.11. The van der Waals surface area contributed by atoms with Crippen LogP contribution < -0.4 is 5.56 Å². The molecule has 0 spiro atoms. The van der Waals surface area contributed by atoms with Crippen LogP contribution in [0.4, 0.5) is 8.78 Å². The molecule has 0 aliphatic carbocycles. The van der Waals surface area contributed by atoms with Crippen molar-refractivity contribution in [3.8, 4) is 0 Å². The molecule has 2 rings (SSSR count). The standard InChI is InChI=1S/C9H7F2N3O/c1-5-7(8(10)11)13-6-4-12-2-3-14(6)9(5)15/h2-4,8H,1H3. The van der Waals surface area contributed by atoms with E-state index in [1.54, 1.807) is 0 Å². The van der Waals surface area contributed by atoms with E-state index < -0.39 is 17.7 Å². The van der Waals surface area contributed by atoms with Crippen LogP contribution in [0.2, 0.25) is 0 Å². The zero-order valence-electron chi connectivity index (χ0n) is 7.82. The number of halogens is 2. The van der Waals surface area contributed by atoms with Crippen molar-refractivity contribution in [3.63, 3.8) is 0 Å². The first-order valence-electron chi connectivity index (χ1n) is 4.22. The van der Waals surface area contributed by atoms with Gasteiger partial charge in [0.15, 0.2) is 5.65 Å². The first-order valence-corrected chi connectivity index (χ1v) is 4.22. The third-order valence-electron chi connectivity index (χ3n) is 2.10. The summed E-state index contributed by atoms with van der Waals surface area (Å²) in [6.07, 6.45) is 1.32. The van der Waals surface area contributed by atoms with Crippen LogP contribution in [0.5, 0.6) is 0 Å². The predicted molar refractivity (Wildman–Crippen MR) is 49.0 cm³/mol. The minimum absolute atomic E-state index is 0.0336. The Hall–Kier alpha value is -1.85. The number of hydrogen-bond donors (Lipinski definition) is 0. The normalized spacial score (nSPS) is 11.2. The highest BCUT2D eigenvalue weighted by Gasteiger charge is 2.16. The summed E-state index contributed by atoms with van der Waals surface area (Å²) in [5.74, 6) is 0. The van der Waals surface area contributed by atoms with Gasteiger partial charge in [-0.2, -0.15) is 0 Å². The van der Waals surface area contributed by atoms with Crippen LogP contribution in [-0.2, 0) is 0 Å². The van der Waals surface area contributed by atoms with Crippen molar-refractivity contribution in [1.82, 2.24) is 14.4 Å². The van der Waals surface area contributed by atoms with E-state index in [1.165, 1.54) is 29.9 Å².